The third kappa shape index (κ3) is 1.72. The number of amides is 2. The summed E-state index contributed by atoms with van der Waals surface area (Å²) in [6.07, 6.45) is 0. The molecule has 0 fully saturated rings. The lowest BCUT2D eigenvalue weighted by Gasteiger charge is -2.02. The van der Waals surface area contributed by atoms with Crippen LogP contribution >= 0.6 is 0 Å². The van der Waals surface area contributed by atoms with E-state index in [1.54, 1.807) is 36.4 Å². The lowest BCUT2D eigenvalue weighted by Crippen LogP contribution is -2.11. The van der Waals surface area contributed by atoms with Crippen molar-refractivity contribution in [2.75, 3.05) is 0 Å². The molecule has 2 rings (SSSR count). The fourth-order valence-corrected chi connectivity index (χ4v) is 1.55. The van der Waals surface area contributed by atoms with Gasteiger partial charge < -0.3 is 11.5 Å². The maximum Gasteiger partial charge on any atom is 0.248 e. The highest BCUT2D eigenvalue weighted by molar-refractivity contribution is 6.00. The molecule has 0 saturated heterocycles. The van der Waals surface area contributed by atoms with Crippen LogP contribution in [-0.2, 0) is 0 Å². The van der Waals surface area contributed by atoms with Crippen molar-refractivity contribution >= 4 is 22.6 Å². The standard InChI is InChI=1S/C12H10N2O2/c13-11(15)9-3-1-7-5-10(12(14)16)4-2-8(7)6-9/h1-6H,(H2,13,15)(H2,14,16). The first kappa shape index (κ1) is 10.2. The van der Waals surface area contributed by atoms with E-state index in [0.29, 0.717) is 11.1 Å². The first-order valence-electron chi connectivity index (χ1n) is 4.71. The molecule has 4 N–H and O–H groups in total. The molecule has 0 spiro atoms. The molecule has 2 aromatic carbocycles. The van der Waals surface area contributed by atoms with Crippen LogP contribution in [0.5, 0.6) is 0 Å². The van der Waals surface area contributed by atoms with Gasteiger partial charge in [0.15, 0.2) is 0 Å². The monoisotopic (exact) mass is 214 g/mol. The first-order valence-corrected chi connectivity index (χ1v) is 4.71. The van der Waals surface area contributed by atoms with E-state index in [4.69, 9.17) is 11.5 Å². The van der Waals surface area contributed by atoms with E-state index in [9.17, 15) is 9.59 Å². The third-order valence-electron chi connectivity index (χ3n) is 2.41. The van der Waals surface area contributed by atoms with Gasteiger partial charge in [0.05, 0.1) is 0 Å². The Labute approximate surface area is 91.8 Å². The average molecular weight is 214 g/mol. The van der Waals surface area contributed by atoms with E-state index in [2.05, 4.69) is 0 Å². The summed E-state index contributed by atoms with van der Waals surface area (Å²) >= 11 is 0. The summed E-state index contributed by atoms with van der Waals surface area (Å²) in [5, 5.41) is 1.70. The number of benzene rings is 2. The second-order valence-electron chi connectivity index (χ2n) is 3.51. The highest BCUT2D eigenvalue weighted by Crippen LogP contribution is 2.17. The molecule has 0 aromatic heterocycles. The van der Waals surface area contributed by atoms with Gasteiger partial charge in [0, 0.05) is 11.1 Å². The zero-order valence-electron chi connectivity index (χ0n) is 8.44. The number of nitrogens with two attached hydrogens (primary N) is 2. The van der Waals surface area contributed by atoms with Crippen LogP contribution in [0.1, 0.15) is 20.7 Å². The highest BCUT2D eigenvalue weighted by atomic mass is 16.1. The molecule has 4 nitrogen and oxygen atoms in total. The van der Waals surface area contributed by atoms with Gasteiger partial charge in [0.2, 0.25) is 11.8 Å². The fourth-order valence-electron chi connectivity index (χ4n) is 1.55. The van der Waals surface area contributed by atoms with Crippen LogP contribution in [-0.4, -0.2) is 11.8 Å². The van der Waals surface area contributed by atoms with Crippen LogP contribution in [0.3, 0.4) is 0 Å². The van der Waals surface area contributed by atoms with Gasteiger partial charge >= 0.3 is 0 Å². The van der Waals surface area contributed by atoms with E-state index in [1.807, 2.05) is 0 Å². The number of primary amides is 2. The lowest BCUT2D eigenvalue weighted by atomic mass is 10.0. The summed E-state index contributed by atoms with van der Waals surface area (Å²) in [5.41, 5.74) is 11.2. The Bertz CT molecular complexity index is 537. The minimum absolute atomic E-state index is 0.444. The van der Waals surface area contributed by atoms with Gasteiger partial charge in [0.25, 0.3) is 0 Å². The number of hydrogen-bond donors (Lipinski definition) is 2. The fraction of sp³-hybridized carbons (Fsp3) is 0. The SMILES string of the molecule is NC(=O)c1ccc2cc(C(N)=O)ccc2c1. The van der Waals surface area contributed by atoms with E-state index >= 15 is 0 Å². The summed E-state index contributed by atoms with van der Waals surface area (Å²) in [7, 11) is 0. The molecule has 0 bridgehead atoms. The molecule has 0 saturated carbocycles. The van der Waals surface area contributed by atoms with Crippen molar-refractivity contribution in [3.8, 4) is 0 Å². The molecule has 80 valence electrons. The summed E-state index contributed by atoms with van der Waals surface area (Å²) in [4.78, 5) is 21.9. The molecular weight excluding hydrogens is 204 g/mol. The van der Waals surface area contributed by atoms with Crippen LogP contribution in [0.4, 0.5) is 0 Å². The number of hydrogen-bond acceptors (Lipinski definition) is 2. The Morgan fingerprint density at radius 1 is 0.750 bits per heavy atom. The molecular formula is C12H10N2O2. The minimum atomic E-state index is -0.471. The topological polar surface area (TPSA) is 86.2 Å². The second-order valence-corrected chi connectivity index (χ2v) is 3.51. The summed E-state index contributed by atoms with van der Waals surface area (Å²) in [6.45, 7) is 0. The molecule has 0 atom stereocenters. The van der Waals surface area contributed by atoms with Crippen LogP contribution < -0.4 is 11.5 Å². The van der Waals surface area contributed by atoms with Gasteiger partial charge in [-0.3, -0.25) is 9.59 Å². The van der Waals surface area contributed by atoms with Gasteiger partial charge in [0.1, 0.15) is 0 Å². The Morgan fingerprint density at radius 2 is 1.12 bits per heavy atom. The van der Waals surface area contributed by atoms with Crippen LogP contribution in [0.15, 0.2) is 36.4 Å². The molecule has 16 heavy (non-hydrogen) atoms. The quantitative estimate of drug-likeness (QED) is 0.782. The first-order chi connectivity index (χ1) is 7.58. The van der Waals surface area contributed by atoms with Gasteiger partial charge in [-0.25, -0.2) is 0 Å². The van der Waals surface area contributed by atoms with Crippen molar-refractivity contribution in [3.63, 3.8) is 0 Å². The largest absolute Gasteiger partial charge is 0.366 e. The zero-order valence-corrected chi connectivity index (χ0v) is 8.44. The Kier molecular flexibility index (Phi) is 2.32. The molecule has 2 amide bonds. The Hall–Kier alpha value is -2.36. The molecule has 2 aromatic rings. The Balaban J connectivity index is 2.61. The predicted octanol–water partition coefficient (Wildman–Crippen LogP) is 1.04. The smallest absolute Gasteiger partial charge is 0.248 e. The minimum Gasteiger partial charge on any atom is -0.366 e. The van der Waals surface area contributed by atoms with Crippen LogP contribution in [0.25, 0.3) is 10.8 Å². The second kappa shape index (κ2) is 3.66. The normalized spacial score (nSPS) is 10.2. The Morgan fingerprint density at radius 3 is 1.44 bits per heavy atom. The van der Waals surface area contributed by atoms with Crippen molar-refractivity contribution in [3.05, 3.63) is 47.5 Å². The molecule has 0 heterocycles. The predicted molar refractivity (Wildman–Crippen MR) is 61.0 cm³/mol. The molecule has 0 unspecified atom stereocenters. The number of rotatable bonds is 2. The van der Waals surface area contributed by atoms with Gasteiger partial charge in [-0.05, 0) is 35.0 Å². The molecule has 0 aliphatic rings. The van der Waals surface area contributed by atoms with Crippen molar-refractivity contribution in [2.45, 2.75) is 0 Å². The molecule has 4 heteroatoms. The molecule has 0 aliphatic carbocycles. The number of carbonyl (C=O) groups excluding carboxylic acids is 2. The van der Waals surface area contributed by atoms with E-state index in [-0.39, 0.29) is 0 Å². The van der Waals surface area contributed by atoms with Gasteiger partial charge in [-0.2, -0.15) is 0 Å². The van der Waals surface area contributed by atoms with Gasteiger partial charge in [-0.15, -0.1) is 0 Å². The zero-order chi connectivity index (χ0) is 11.7. The maximum atomic E-state index is 11.0. The van der Waals surface area contributed by atoms with E-state index in [1.165, 1.54) is 0 Å². The van der Waals surface area contributed by atoms with Crippen molar-refractivity contribution in [1.82, 2.24) is 0 Å². The number of carbonyl (C=O) groups is 2. The molecule has 0 aliphatic heterocycles. The summed E-state index contributed by atoms with van der Waals surface area (Å²) < 4.78 is 0. The van der Waals surface area contributed by atoms with Crippen molar-refractivity contribution in [1.29, 1.82) is 0 Å². The number of fused-ring (bicyclic) bond motifs is 1. The summed E-state index contributed by atoms with van der Waals surface area (Å²) in [5.74, 6) is -0.943. The van der Waals surface area contributed by atoms with E-state index in [0.717, 1.165) is 10.8 Å². The van der Waals surface area contributed by atoms with Crippen LogP contribution in [0, 0.1) is 0 Å². The highest BCUT2D eigenvalue weighted by Gasteiger charge is 2.04. The lowest BCUT2D eigenvalue weighted by molar-refractivity contribution is 0.0991. The van der Waals surface area contributed by atoms with Gasteiger partial charge in [-0.1, -0.05) is 12.1 Å². The van der Waals surface area contributed by atoms with Crippen molar-refractivity contribution in [2.24, 2.45) is 11.5 Å². The maximum absolute atomic E-state index is 11.0. The van der Waals surface area contributed by atoms with E-state index < -0.39 is 11.8 Å². The third-order valence-corrected chi connectivity index (χ3v) is 2.41. The summed E-state index contributed by atoms with van der Waals surface area (Å²) in [6, 6.07) is 10.1. The van der Waals surface area contributed by atoms with Crippen molar-refractivity contribution < 1.29 is 9.59 Å². The average Bonchev–Trinajstić information content (AvgIpc) is 2.27. The van der Waals surface area contributed by atoms with Crippen LogP contribution in [0.2, 0.25) is 0 Å². The molecule has 0 radical (unpaired) electrons.